The van der Waals surface area contributed by atoms with E-state index in [0.717, 1.165) is 49.3 Å². The van der Waals surface area contributed by atoms with E-state index in [2.05, 4.69) is 24.9 Å². The van der Waals surface area contributed by atoms with E-state index in [1.54, 1.807) is 12.0 Å². The first kappa shape index (κ1) is 25.2. The molecule has 4 heterocycles. The summed E-state index contributed by atoms with van der Waals surface area (Å²) in [5.41, 5.74) is 0.792. The first-order chi connectivity index (χ1) is 18.1. The Bertz CT molecular complexity index is 1070. The summed E-state index contributed by atoms with van der Waals surface area (Å²) in [4.78, 5) is 36.0. The Balaban J connectivity index is 1.11. The van der Waals surface area contributed by atoms with E-state index in [4.69, 9.17) is 9.84 Å². The Morgan fingerprint density at radius 1 is 0.919 bits per heavy atom. The number of hydrogen-bond donors (Lipinski definition) is 1. The molecule has 3 aliphatic heterocycles. The third-order valence-corrected chi connectivity index (χ3v) is 7.52. The number of aliphatic hydroxyl groups is 1. The molecule has 37 heavy (non-hydrogen) atoms. The maximum Gasteiger partial charge on any atom is 0.228 e. The van der Waals surface area contributed by atoms with Gasteiger partial charge in [-0.3, -0.25) is 14.5 Å². The van der Waals surface area contributed by atoms with Gasteiger partial charge in [0.2, 0.25) is 11.8 Å². The predicted molar refractivity (Wildman–Crippen MR) is 140 cm³/mol. The van der Waals surface area contributed by atoms with Crippen molar-refractivity contribution < 1.29 is 19.4 Å². The van der Waals surface area contributed by atoms with E-state index >= 15 is 0 Å². The van der Waals surface area contributed by atoms with Crippen LogP contribution >= 0.6 is 0 Å². The van der Waals surface area contributed by atoms with Gasteiger partial charge in [0.05, 0.1) is 19.6 Å². The molecule has 11 heteroatoms. The van der Waals surface area contributed by atoms with Crippen LogP contribution in [-0.4, -0.2) is 116 Å². The average Bonchev–Trinajstić information content (AvgIpc) is 3.35. The zero-order valence-electron chi connectivity index (χ0n) is 21.3. The summed E-state index contributed by atoms with van der Waals surface area (Å²) in [5, 5.41) is 18.0. The van der Waals surface area contributed by atoms with Crippen LogP contribution in [0.2, 0.25) is 0 Å². The van der Waals surface area contributed by atoms with Crippen molar-refractivity contribution in [3.05, 3.63) is 36.4 Å². The van der Waals surface area contributed by atoms with Crippen molar-refractivity contribution in [2.75, 3.05) is 93.9 Å². The molecule has 1 unspecified atom stereocenters. The van der Waals surface area contributed by atoms with Gasteiger partial charge in [0.15, 0.2) is 11.6 Å². The van der Waals surface area contributed by atoms with E-state index in [9.17, 15) is 9.59 Å². The fourth-order valence-corrected chi connectivity index (χ4v) is 5.30. The van der Waals surface area contributed by atoms with Crippen LogP contribution in [0.4, 0.5) is 17.3 Å². The lowest BCUT2D eigenvalue weighted by Crippen LogP contribution is -2.51. The molecule has 0 radical (unpaired) electrons. The maximum atomic E-state index is 13.2. The van der Waals surface area contributed by atoms with E-state index in [1.165, 1.54) is 0 Å². The molecule has 0 spiro atoms. The summed E-state index contributed by atoms with van der Waals surface area (Å²) in [6, 6.07) is 11.4. The summed E-state index contributed by atoms with van der Waals surface area (Å²) in [7, 11) is 1.61. The number of carbonyl (C=O) groups excluding carboxylic acids is 2. The van der Waals surface area contributed by atoms with Crippen molar-refractivity contribution in [2.45, 2.75) is 6.42 Å². The Kier molecular flexibility index (Phi) is 7.71. The third kappa shape index (κ3) is 5.62. The van der Waals surface area contributed by atoms with Gasteiger partial charge < -0.3 is 29.4 Å². The summed E-state index contributed by atoms with van der Waals surface area (Å²) >= 11 is 0. The molecule has 3 fully saturated rings. The van der Waals surface area contributed by atoms with Crippen LogP contribution in [0.1, 0.15) is 6.42 Å². The van der Waals surface area contributed by atoms with Crippen LogP contribution in [0.5, 0.6) is 5.75 Å². The van der Waals surface area contributed by atoms with E-state index in [1.807, 2.05) is 41.3 Å². The molecule has 2 amide bonds. The fourth-order valence-electron chi connectivity index (χ4n) is 5.30. The zero-order chi connectivity index (χ0) is 25.8. The number of amides is 2. The second-order valence-electron chi connectivity index (χ2n) is 9.72. The number of methoxy groups -OCH3 is 1. The minimum Gasteiger partial charge on any atom is -0.497 e. The molecule has 1 aromatic heterocycles. The normalized spacial score (nSPS) is 21.0. The van der Waals surface area contributed by atoms with Crippen LogP contribution in [0.3, 0.4) is 0 Å². The molecule has 3 aliphatic rings. The number of ether oxygens (including phenoxy) is 1. The van der Waals surface area contributed by atoms with Crippen LogP contribution in [0, 0.1) is 5.92 Å². The van der Waals surface area contributed by atoms with Gasteiger partial charge in [-0.25, -0.2) is 0 Å². The van der Waals surface area contributed by atoms with Gasteiger partial charge in [0, 0.05) is 77.6 Å². The molecule has 0 aliphatic carbocycles. The second-order valence-corrected chi connectivity index (χ2v) is 9.72. The third-order valence-electron chi connectivity index (χ3n) is 7.52. The van der Waals surface area contributed by atoms with Crippen molar-refractivity contribution >= 4 is 29.1 Å². The summed E-state index contributed by atoms with van der Waals surface area (Å²) in [6.07, 6.45) is 0.242. The minimum atomic E-state index is -0.321. The van der Waals surface area contributed by atoms with Crippen molar-refractivity contribution in [3.63, 3.8) is 0 Å². The highest BCUT2D eigenvalue weighted by molar-refractivity contribution is 6.00. The standard InChI is InChI=1S/C26H35N7O4/c1-37-22-4-2-21(3-5-22)33-19-20(18-25(33)35)26(36)32-14-12-31(13-15-32)24-7-6-23(27-28-24)30-10-8-29(9-11-30)16-17-34/h2-7,20,34H,8-19H2,1H3. The zero-order valence-corrected chi connectivity index (χ0v) is 21.3. The monoisotopic (exact) mass is 509 g/mol. The number of hydrogen-bond acceptors (Lipinski definition) is 9. The number of β-amino-alcohol motifs (C(OH)–C–C–N with tert-alkyl or cyclic N) is 1. The predicted octanol–water partition coefficient (Wildman–Crippen LogP) is 0.301. The van der Waals surface area contributed by atoms with Gasteiger partial charge in [-0.05, 0) is 36.4 Å². The maximum absolute atomic E-state index is 13.2. The smallest absolute Gasteiger partial charge is 0.228 e. The van der Waals surface area contributed by atoms with Gasteiger partial charge in [-0.2, -0.15) is 0 Å². The van der Waals surface area contributed by atoms with Crippen molar-refractivity contribution in [1.82, 2.24) is 20.0 Å². The van der Waals surface area contributed by atoms with Gasteiger partial charge in [0.1, 0.15) is 5.75 Å². The molecule has 0 saturated carbocycles. The molecule has 2 aromatic rings. The summed E-state index contributed by atoms with van der Waals surface area (Å²) in [6.45, 7) is 7.43. The van der Waals surface area contributed by atoms with Crippen molar-refractivity contribution in [2.24, 2.45) is 5.92 Å². The summed E-state index contributed by atoms with van der Waals surface area (Å²) in [5.74, 6) is 2.12. The lowest BCUT2D eigenvalue weighted by Gasteiger charge is -2.37. The minimum absolute atomic E-state index is 0.0210. The van der Waals surface area contributed by atoms with Gasteiger partial charge in [-0.15, -0.1) is 10.2 Å². The number of rotatable bonds is 7. The number of benzene rings is 1. The lowest BCUT2D eigenvalue weighted by molar-refractivity contribution is -0.136. The second kappa shape index (κ2) is 11.3. The van der Waals surface area contributed by atoms with Crippen molar-refractivity contribution in [3.8, 4) is 5.75 Å². The molecular formula is C26H35N7O4. The van der Waals surface area contributed by atoms with E-state index in [-0.39, 0.29) is 30.8 Å². The molecule has 5 rings (SSSR count). The van der Waals surface area contributed by atoms with Crippen LogP contribution in [-0.2, 0) is 9.59 Å². The molecule has 1 aromatic carbocycles. The van der Waals surface area contributed by atoms with Crippen molar-refractivity contribution in [1.29, 1.82) is 0 Å². The van der Waals surface area contributed by atoms with Crippen LogP contribution in [0.15, 0.2) is 36.4 Å². The Morgan fingerprint density at radius 3 is 2.05 bits per heavy atom. The van der Waals surface area contributed by atoms with Gasteiger partial charge in [-0.1, -0.05) is 0 Å². The highest BCUT2D eigenvalue weighted by Gasteiger charge is 2.38. The Hall–Kier alpha value is -3.44. The lowest BCUT2D eigenvalue weighted by atomic mass is 10.1. The number of anilines is 3. The Labute approximate surface area is 217 Å². The van der Waals surface area contributed by atoms with E-state index < -0.39 is 0 Å². The summed E-state index contributed by atoms with van der Waals surface area (Å²) < 4.78 is 5.20. The highest BCUT2D eigenvalue weighted by atomic mass is 16.5. The molecule has 3 saturated heterocycles. The Morgan fingerprint density at radius 2 is 1.51 bits per heavy atom. The molecule has 0 bridgehead atoms. The molecular weight excluding hydrogens is 474 g/mol. The fraction of sp³-hybridized carbons (Fsp3) is 0.538. The van der Waals surface area contributed by atoms with Crippen LogP contribution < -0.4 is 19.4 Å². The quantitative estimate of drug-likeness (QED) is 0.564. The topological polar surface area (TPSA) is 106 Å². The van der Waals surface area contributed by atoms with Gasteiger partial charge >= 0.3 is 0 Å². The number of carbonyl (C=O) groups is 2. The first-order valence-electron chi connectivity index (χ1n) is 13.0. The average molecular weight is 510 g/mol. The number of aliphatic hydroxyl groups excluding tert-OH is 1. The highest BCUT2D eigenvalue weighted by Crippen LogP contribution is 2.28. The molecule has 198 valence electrons. The number of piperazine rings is 2. The SMILES string of the molecule is COc1ccc(N2CC(C(=O)N3CCN(c4ccc(N5CCN(CCO)CC5)nn4)CC3)CC2=O)cc1. The van der Waals surface area contributed by atoms with E-state index in [0.29, 0.717) is 39.3 Å². The molecule has 11 nitrogen and oxygen atoms in total. The largest absolute Gasteiger partial charge is 0.497 e. The number of aromatic nitrogens is 2. The first-order valence-corrected chi connectivity index (χ1v) is 13.0. The number of nitrogens with zero attached hydrogens (tertiary/aromatic N) is 7. The molecule has 1 N–H and O–H groups in total. The van der Waals surface area contributed by atoms with Crippen LogP contribution in [0.25, 0.3) is 0 Å². The molecule has 1 atom stereocenters. The van der Waals surface area contributed by atoms with Gasteiger partial charge in [0.25, 0.3) is 0 Å².